The molecule has 2 fully saturated rings. The number of rotatable bonds is 16. The minimum Gasteiger partial charge on any atom is -0.493 e. The van der Waals surface area contributed by atoms with Crippen molar-refractivity contribution in [2.45, 2.75) is 63.4 Å². The second kappa shape index (κ2) is 17.8. The Morgan fingerprint density at radius 2 is 1.53 bits per heavy atom. The molecule has 2 aliphatic rings. The normalized spacial score (nSPS) is 18.9. The van der Waals surface area contributed by atoms with Crippen molar-refractivity contribution >= 4 is 11.9 Å². The first kappa shape index (κ1) is 36.6. The number of piperazine rings is 1. The maximum atomic E-state index is 14.9. The van der Waals surface area contributed by atoms with Gasteiger partial charge in [0.15, 0.2) is 5.75 Å². The van der Waals surface area contributed by atoms with Crippen LogP contribution in [0.25, 0.3) is 0 Å². The van der Waals surface area contributed by atoms with Crippen LogP contribution in [0, 0.1) is 17.6 Å². The fourth-order valence-corrected chi connectivity index (χ4v) is 5.91. The number of carbonyl (C=O) groups excluding carboxylic acids is 1. The lowest BCUT2D eigenvalue weighted by Gasteiger charge is -2.37. The number of anilines is 1. The molecule has 0 aliphatic carbocycles. The summed E-state index contributed by atoms with van der Waals surface area (Å²) in [7, 11) is 0. The van der Waals surface area contributed by atoms with E-state index in [-0.39, 0.29) is 30.9 Å². The van der Waals surface area contributed by atoms with Gasteiger partial charge in [-0.2, -0.15) is 0 Å². The number of aliphatic hydroxyl groups is 5. The quantitative estimate of drug-likeness (QED) is 0.156. The minimum absolute atomic E-state index is 0.0392. The fraction of sp³-hybridized carbons (Fsp3) is 0.656. The van der Waals surface area contributed by atoms with E-state index < -0.39 is 55.0 Å². The van der Waals surface area contributed by atoms with Crippen molar-refractivity contribution in [2.75, 3.05) is 70.5 Å². The summed E-state index contributed by atoms with van der Waals surface area (Å²) < 4.78 is 40.8. The van der Waals surface area contributed by atoms with Crippen LogP contribution in [-0.2, 0) is 11.2 Å². The number of halogens is 2. The van der Waals surface area contributed by atoms with Gasteiger partial charge >= 0.3 is 0 Å². The predicted octanol–water partition coefficient (Wildman–Crippen LogP) is 0.352. The van der Waals surface area contributed by atoms with Gasteiger partial charge in [0, 0.05) is 63.5 Å². The van der Waals surface area contributed by atoms with Crippen LogP contribution < -0.4 is 14.4 Å². The average Bonchev–Trinajstić information content (AvgIpc) is 3.08. The smallest absolute Gasteiger partial charge is 0.227 e. The average molecular weight is 668 g/mol. The first-order valence-electron chi connectivity index (χ1n) is 16.2. The Hall–Kier alpha value is -3.21. The first-order valence-corrected chi connectivity index (χ1v) is 16.2. The summed E-state index contributed by atoms with van der Waals surface area (Å²) in [5, 5.41) is 48.4. The zero-order chi connectivity index (χ0) is 33.9. The Kier molecular flexibility index (Phi) is 13.9. The Bertz CT molecular complexity index is 1240. The largest absolute Gasteiger partial charge is 0.493 e. The summed E-state index contributed by atoms with van der Waals surface area (Å²) in [6.45, 7) is 4.80. The monoisotopic (exact) mass is 667 g/mol. The predicted molar refractivity (Wildman–Crippen MR) is 167 cm³/mol. The molecule has 4 rings (SSSR count). The molecule has 2 aromatic rings. The highest BCUT2D eigenvalue weighted by Gasteiger charge is 2.32. The zero-order valence-corrected chi connectivity index (χ0v) is 26.8. The maximum Gasteiger partial charge on any atom is 0.227 e. The van der Waals surface area contributed by atoms with E-state index in [1.807, 2.05) is 6.92 Å². The van der Waals surface area contributed by atoms with Crippen molar-refractivity contribution in [3.63, 3.8) is 0 Å². The number of ether oxygens (including phenoxy) is 2. The topological polar surface area (TPSA) is 172 Å². The summed E-state index contributed by atoms with van der Waals surface area (Å²) in [4.78, 5) is 27.0. The molecule has 5 N–H and O–H groups in total. The van der Waals surface area contributed by atoms with Gasteiger partial charge in [-0.3, -0.25) is 9.69 Å². The molecule has 262 valence electrons. The molecule has 3 heterocycles. The van der Waals surface area contributed by atoms with Gasteiger partial charge in [0.2, 0.25) is 11.9 Å². The van der Waals surface area contributed by atoms with Crippen molar-refractivity contribution < 1.29 is 48.6 Å². The SMILES string of the molecule is CCOc1cnc(N2CCC(CCCOc3cc(F)c(CC(=O)N4CCN(C[C@H](O)[C@@H](O)[C@H](O)[C@H](O)CO)CC4)c(F)c3)CC2)nc1. The summed E-state index contributed by atoms with van der Waals surface area (Å²) in [5.74, 6) is -0.222. The Labute approximate surface area is 273 Å². The lowest BCUT2D eigenvalue weighted by atomic mass is 9.92. The van der Waals surface area contributed by atoms with E-state index in [4.69, 9.17) is 14.6 Å². The van der Waals surface area contributed by atoms with Crippen LogP contribution in [0.4, 0.5) is 14.7 Å². The molecule has 13 nitrogen and oxygen atoms in total. The van der Waals surface area contributed by atoms with E-state index in [9.17, 15) is 34.0 Å². The molecule has 4 atom stereocenters. The van der Waals surface area contributed by atoms with Crippen molar-refractivity contribution in [1.82, 2.24) is 19.8 Å². The molecule has 0 saturated carbocycles. The van der Waals surface area contributed by atoms with Gasteiger partial charge in [0.25, 0.3) is 0 Å². The number of hydrogen-bond donors (Lipinski definition) is 5. The van der Waals surface area contributed by atoms with Crippen molar-refractivity contribution in [3.8, 4) is 11.5 Å². The first-order chi connectivity index (χ1) is 22.6. The molecule has 0 spiro atoms. The Morgan fingerprint density at radius 1 is 0.915 bits per heavy atom. The zero-order valence-electron chi connectivity index (χ0n) is 26.8. The molecule has 0 bridgehead atoms. The second-order valence-electron chi connectivity index (χ2n) is 12.1. The molecule has 0 unspecified atom stereocenters. The molecule has 2 aliphatic heterocycles. The van der Waals surface area contributed by atoms with Crippen LogP contribution in [0.1, 0.15) is 38.2 Å². The number of piperidine rings is 1. The number of hydrogen-bond acceptors (Lipinski definition) is 12. The van der Waals surface area contributed by atoms with E-state index >= 15 is 0 Å². The standard InChI is InChI=1S/C32H47F2N5O8/c1-2-46-23-17-35-32(36-18-23)39-7-5-21(6-8-39)4-3-13-47-22-14-25(33)24(26(34)15-22)16-29(43)38-11-9-37(10-12-38)19-27(41)30(44)31(45)28(42)20-40/h14-15,17-18,21,27-28,30-31,40-42,44-45H,2-13,16,19-20H2,1H3/t27-,28+,30+,31+/m0/s1. The fourth-order valence-electron chi connectivity index (χ4n) is 5.91. The highest BCUT2D eigenvalue weighted by atomic mass is 19.1. The maximum absolute atomic E-state index is 14.9. The van der Waals surface area contributed by atoms with Crippen LogP contribution in [0.2, 0.25) is 0 Å². The van der Waals surface area contributed by atoms with Gasteiger partial charge in [0.05, 0.1) is 44.7 Å². The molecule has 0 radical (unpaired) electrons. The number of β-amino-alcohol motifs (C(OH)–C–C–N with tert-alkyl or cyclic N) is 1. The van der Waals surface area contributed by atoms with Crippen molar-refractivity contribution in [3.05, 3.63) is 41.7 Å². The third-order valence-corrected chi connectivity index (χ3v) is 8.79. The van der Waals surface area contributed by atoms with Gasteiger partial charge < -0.3 is 44.8 Å². The van der Waals surface area contributed by atoms with Crippen molar-refractivity contribution in [2.24, 2.45) is 5.92 Å². The van der Waals surface area contributed by atoms with Gasteiger partial charge in [-0.15, -0.1) is 0 Å². The van der Waals surface area contributed by atoms with E-state index in [1.165, 1.54) is 4.90 Å². The van der Waals surface area contributed by atoms with Crippen LogP contribution in [0.5, 0.6) is 11.5 Å². The van der Waals surface area contributed by atoms with Crippen LogP contribution in [-0.4, -0.2) is 141 Å². The number of amides is 1. The summed E-state index contributed by atoms with van der Waals surface area (Å²) >= 11 is 0. The van der Waals surface area contributed by atoms with E-state index in [0.717, 1.165) is 50.9 Å². The second-order valence-corrected chi connectivity index (χ2v) is 12.1. The molecule has 2 saturated heterocycles. The molecular weight excluding hydrogens is 620 g/mol. The lowest BCUT2D eigenvalue weighted by Crippen LogP contribution is -2.54. The number of nitrogens with zero attached hydrogens (tertiary/aromatic N) is 5. The third-order valence-electron chi connectivity index (χ3n) is 8.79. The van der Waals surface area contributed by atoms with Crippen LogP contribution in [0.3, 0.4) is 0 Å². The molecule has 1 aromatic heterocycles. The highest BCUT2D eigenvalue weighted by molar-refractivity contribution is 5.79. The van der Waals surface area contributed by atoms with Crippen LogP contribution >= 0.6 is 0 Å². The van der Waals surface area contributed by atoms with E-state index in [2.05, 4.69) is 14.9 Å². The van der Waals surface area contributed by atoms with Gasteiger partial charge in [-0.1, -0.05) is 0 Å². The number of carbonyl (C=O) groups is 1. The molecule has 1 aromatic carbocycles. The summed E-state index contributed by atoms with van der Waals surface area (Å²) in [6.07, 6.45) is 0.164. The van der Waals surface area contributed by atoms with Crippen LogP contribution in [0.15, 0.2) is 24.5 Å². The van der Waals surface area contributed by atoms with Gasteiger partial charge in [-0.25, -0.2) is 18.7 Å². The van der Waals surface area contributed by atoms with Gasteiger partial charge in [-0.05, 0) is 38.5 Å². The highest BCUT2D eigenvalue weighted by Crippen LogP contribution is 2.26. The third kappa shape index (κ3) is 10.4. The summed E-state index contributed by atoms with van der Waals surface area (Å²) in [6, 6.07) is 2.21. The number of benzene rings is 1. The van der Waals surface area contributed by atoms with Crippen molar-refractivity contribution in [1.29, 1.82) is 0 Å². The number of aromatic nitrogens is 2. The molecule has 1 amide bonds. The summed E-state index contributed by atoms with van der Waals surface area (Å²) in [5.41, 5.74) is -0.331. The molecule has 47 heavy (non-hydrogen) atoms. The van der Waals surface area contributed by atoms with E-state index in [0.29, 0.717) is 43.9 Å². The molecule has 15 heteroatoms. The van der Waals surface area contributed by atoms with Gasteiger partial charge in [0.1, 0.15) is 35.7 Å². The Balaban J connectivity index is 1.15. The molecular formula is C32H47F2N5O8. The lowest BCUT2D eigenvalue weighted by molar-refractivity contribution is -0.134. The minimum atomic E-state index is -1.72. The Morgan fingerprint density at radius 3 is 2.13 bits per heavy atom. The van der Waals surface area contributed by atoms with E-state index in [1.54, 1.807) is 17.3 Å². The number of aliphatic hydroxyl groups excluding tert-OH is 5.